The minimum atomic E-state index is -4.44. The Balaban J connectivity index is 1.40. The van der Waals surface area contributed by atoms with E-state index in [-0.39, 0.29) is 24.7 Å². The lowest BCUT2D eigenvalue weighted by atomic mass is 10.1. The van der Waals surface area contributed by atoms with Crippen molar-refractivity contribution >= 4 is 11.6 Å². The van der Waals surface area contributed by atoms with Gasteiger partial charge in [-0.15, -0.1) is 0 Å². The van der Waals surface area contributed by atoms with Gasteiger partial charge in [-0.25, -0.2) is 8.78 Å². The van der Waals surface area contributed by atoms with Crippen LogP contribution in [0.2, 0.25) is 0 Å². The Morgan fingerprint density at radius 2 is 2.00 bits per heavy atom. The fraction of sp³-hybridized carbons (Fsp3) is 0.350. The molecule has 1 aliphatic rings. The molecule has 31 heavy (non-hydrogen) atoms. The smallest absolute Gasteiger partial charge is 0.322 e. The highest BCUT2D eigenvalue weighted by molar-refractivity contribution is 5.90. The van der Waals surface area contributed by atoms with Crippen LogP contribution in [0, 0.1) is 0 Å². The topological polar surface area (TPSA) is 64.7 Å². The summed E-state index contributed by atoms with van der Waals surface area (Å²) in [5, 5.41) is 10.7. The number of carbonyl (C=O) groups is 1. The van der Waals surface area contributed by atoms with Crippen molar-refractivity contribution in [2.45, 2.75) is 44.5 Å². The first-order valence-corrected chi connectivity index (χ1v) is 9.53. The van der Waals surface area contributed by atoms with Crippen molar-refractivity contribution in [3.8, 4) is 0 Å². The molecule has 0 spiro atoms. The number of hydrogen-bond acceptors (Lipinski definition) is 3. The summed E-state index contributed by atoms with van der Waals surface area (Å²) in [7, 11) is 0. The minimum Gasteiger partial charge on any atom is -0.322 e. The van der Waals surface area contributed by atoms with Crippen LogP contribution in [0.3, 0.4) is 0 Å². The molecule has 3 aromatic rings. The van der Waals surface area contributed by atoms with Crippen molar-refractivity contribution in [3.05, 3.63) is 65.2 Å². The standard InChI is InChI=1S/C20H18F5N5O/c21-19(22)17-7-16(13-4-5-13)28-30(17)11-18(31)27-15-8-26-29(10-15)9-12-2-1-3-14(6-12)20(23,24)25/h1-3,6-8,10,13,19H,4-5,9,11H2,(H,27,31). The van der Waals surface area contributed by atoms with Crippen molar-refractivity contribution in [1.82, 2.24) is 19.6 Å². The highest BCUT2D eigenvalue weighted by Crippen LogP contribution is 2.40. The number of halogens is 5. The Morgan fingerprint density at radius 1 is 1.23 bits per heavy atom. The van der Waals surface area contributed by atoms with Gasteiger partial charge in [0.15, 0.2) is 0 Å². The van der Waals surface area contributed by atoms with Gasteiger partial charge in [0.05, 0.1) is 29.7 Å². The molecule has 1 aromatic carbocycles. The molecule has 11 heteroatoms. The highest BCUT2D eigenvalue weighted by atomic mass is 19.4. The molecule has 0 saturated heterocycles. The number of alkyl halides is 5. The molecule has 6 nitrogen and oxygen atoms in total. The summed E-state index contributed by atoms with van der Waals surface area (Å²) in [5.41, 5.74) is 0.186. The summed E-state index contributed by atoms with van der Waals surface area (Å²) in [6.45, 7) is -0.315. The molecule has 0 atom stereocenters. The van der Waals surface area contributed by atoms with Gasteiger partial charge in [0.1, 0.15) is 12.2 Å². The molecule has 1 aliphatic carbocycles. The monoisotopic (exact) mass is 439 g/mol. The van der Waals surface area contributed by atoms with Gasteiger partial charge in [-0.05, 0) is 36.6 Å². The minimum absolute atomic E-state index is 0.0687. The van der Waals surface area contributed by atoms with Crippen LogP contribution in [0.1, 0.15) is 47.7 Å². The summed E-state index contributed by atoms with van der Waals surface area (Å²) < 4.78 is 67.4. The Labute approximate surface area is 173 Å². The third-order valence-corrected chi connectivity index (χ3v) is 4.86. The van der Waals surface area contributed by atoms with Crippen molar-refractivity contribution in [3.63, 3.8) is 0 Å². The Hall–Kier alpha value is -3.24. The molecule has 4 rings (SSSR count). The molecular formula is C20H18F5N5O. The molecule has 1 amide bonds. The van der Waals surface area contributed by atoms with E-state index in [1.807, 2.05) is 0 Å². The van der Waals surface area contributed by atoms with Crippen molar-refractivity contribution in [2.75, 3.05) is 5.32 Å². The summed E-state index contributed by atoms with van der Waals surface area (Å²) in [5.74, 6) is -0.387. The van der Waals surface area contributed by atoms with Gasteiger partial charge in [0.25, 0.3) is 6.43 Å². The summed E-state index contributed by atoms with van der Waals surface area (Å²) in [4.78, 5) is 12.3. The molecule has 164 valence electrons. The molecule has 2 aromatic heterocycles. The quantitative estimate of drug-likeness (QED) is 0.548. The first kappa shape index (κ1) is 21.0. The van der Waals surface area contributed by atoms with E-state index in [1.54, 1.807) is 0 Å². The van der Waals surface area contributed by atoms with E-state index in [1.165, 1.54) is 35.3 Å². The van der Waals surface area contributed by atoms with Gasteiger partial charge in [-0.2, -0.15) is 23.4 Å². The molecule has 0 bridgehead atoms. The maximum Gasteiger partial charge on any atom is 0.416 e. The average molecular weight is 439 g/mol. The molecule has 0 aliphatic heterocycles. The predicted octanol–water partition coefficient (Wildman–Crippen LogP) is 4.60. The summed E-state index contributed by atoms with van der Waals surface area (Å²) >= 11 is 0. The van der Waals surface area contributed by atoms with Crippen LogP contribution in [-0.2, 0) is 24.1 Å². The normalized spacial score (nSPS) is 14.3. The number of amides is 1. The zero-order valence-electron chi connectivity index (χ0n) is 16.1. The lowest BCUT2D eigenvalue weighted by Crippen LogP contribution is -2.21. The number of aromatic nitrogens is 4. The number of hydrogen-bond donors (Lipinski definition) is 1. The van der Waals surface area contributed by atoms with E-state index in [4.69, 9.17) is 0 Å². The third kappa shape index (κ3) is 5.09. The van der Waals surface area contributed by atoms with Crippen LogP contribution in [0.25, 0.3) is 0 Å². The molecule has 1 N–H and O–H groups in total. The zero-order valence-corrected chi connectivity index (χ0v) is 16.1. The summed E-state index contributed by atoms with van der Waals surface area (Å²) in [6.07, 6.45) is -2.61. The molecule has 1 fully saturated rings. The maximum atomic E-state index is 13.2. The number of nitrogens with zero attached hydrogens (tertiary/aromatic N) is 4. The van der Waals surface area contributed by atoms with Gasteiger partial charge in [-0.3, -0.25) is 14.2 Å². The van der Waals surface area contributed by atoms with Crippen LogP contribution < -0.4 is 5.32 Å². The largest absolute Gasteiger partial charge is 0.416 e. The fourth-order valence-electron chi connectivity index (χ4n) is 3.22. The number of carbonyl (C=O) groups excluding carboxylic acids is 1. The maximum absolute atomic E-state index is 13.2. The predicted molar refractivity (Wildman–Crippen MR) is 101 cm³/mol. The van der Waals surface area contributed by atoms with E-state index in [0.29, 0.717) is 16.9 Å². The van der Waals surface area contributed by atoms with E-state index in [9.17, 15) is 26.7 Å². The molecular weight excluding hydrogens is 421 g/mol. The van der Waals surface area contributed by atoms with E-state index in [0.717, 1.165) is 29.7 Å². The molecule has 0 radical (unpaired) electrons. The zero-order chi connectivity index (χ0) is 22.2. The number of rotatable bonds is 7. The second kappa shape index (κ2) is 8.12. The van der Waals surface area contributed by atoms with Crippen LogP contribution in [0.5, 0.6) is 0 Å². The number of benzene rings is 1. The number of nitrogens with one attached hydrogen (secondary N) is 1. The highest BCUT2D eigenvalue weighted by Gasteiger charge is 2.31. The first-order chi connectivity index (χ1) is 14.7. The summed E-state index contributed by atoms with van der Waals surface area (Å²) in [6, 6.07) is 6.20. The second-order valence-electron chi connectivity index (χ2n) is 7.40. The van der Waals surface area contributed by atoms with Gasteiger partial charge >= 0.3 is 6.18 Å². The second-order valence-corrected chi connectivity index (χ2v) is 7.40. The lowest BCUT2D eigenvalue weighted by molar-refractivity contribution is -0.137. The lowest BCUT2D eigenvalue weighted by Gasteiger charge is -2.09. The Bertz CT molecular complexity index is 1080. The Morgan fingerprint density at radius 3 is 2.68 bits per heavy atom. The average Bonchev–Trinajstić information content (AvgIpc) is 3.32. The van der Waals surface area contributed by atoms with Crippen LogP contribution >= 0.6 is 0 Å². The van der Waals surface area contributed by atoms with Crippen molar-refractivity contribution < 1.29 is 26.7 Å². The van der Waals surface area contributed by atoms with Crippen LogP contribution in [0.4, 0.5) is 27.6 Å². The molecule has 2 heterocycles. The van der Waals surface area contributed by atoms with Gasteiger partial charge in [0.2, 0.25) is 5.91 Å². The third-order valence-electron chi connectivity index (χ3n) is 4.86. The van der Waals surface area contributed by atoms with Crippen molar-refractivity contribution in [1.29, 1.82) is 0 Å². The Kier molecular flexibility index (Phi) is 5.50. The van der Waals surface area contributed by atoms with Gasteiger partial charge in [-0.1, -0.05) is 12.1 Å². The molecule has 1 saturated carbocycles. The fourth-order valence-corrected chi connectivity index (χ4v) is 3.22. The first-order valence-electron chi connectivity index (χ1n) is 9.53. The van der Waals surface area contributed by atoms with Crippen LogP contribution in [0.15, 0.2) is 42.7 Å². The van der Waals surface area contributed by atoms with Gasteiger partial charge < -0.3 is 5.32 Å². The van der Waals surface area contributed by atoms with Crippen molar-refractivity contribution in [2.24, 2.45) is 0 Å². The van der Waals surface area contributed by atoms with Gasteiger partial charge in [0, 0.05) is 12.1 Å². The van der Waals surface area contributed by atoms with E-state index >= 15 is 0 Å². The van der Waals surface area contributed by atoms with E-state index in [2.05, 4.69) is 15.5 Å². The number of anilines is 1. The van der Waals surface area contributed by atoms with Crippen LogP contribution in [-0.4, -0.2) is 25.5 Å². The SMILES string of the molecule is O=C(Cn1nc(C2CC2)cc1C(F)F)Nc1cnn(Cc2cccc(C(F)(F)F)c2)c1. The van der Waals surface area contributed by atoms with E-state index < -0.39 is 24.1 Å². The molecule has 0 unspecified atom stereocenters.